The Labute approximate surface area is 90.9 Å². The molecule has 0 saturated carbocycles. The Kier molecular flexibility index (Phi) is 3.72. The van der Waals surface area contributed by atoms with Gasteiger partial charge in [-0.15, -0.1) is 0 Å². The number of anilines is 1. The highest BCUT2D eigenvalue weighted by Gasteiger charge is 2.05. The number of rotatable bonds is 3. The Morgan fingerprint density at radius 1 is 1.33 bits per heavy atom. The van der Waals surface area contributed by atoms with E-state index in [1.165, 1.54) is 0 Å². The molecule has 0 heterocycles. The highest BCUT2D eigenvalue weighted by Crippen LogP contribution is 2.18. The highest BCUT2D eigenvalue weighted by atomic mass is 16.6. The summed E-state index contributed by atoms with van der Waals surface area (Å²) < 4.78 is 0. The SMILES string of the molecule is CCO/N=C(\C)c1cc(C)c(N)cc1C. The normalized spacial score (nSPS) is 11.6. The van der Waals surface area contributed by atoms with Crippen LogP contribution in [0.1, 0.15) is 30.5 Å². The van der Waals surface area contributed by atoms with E-state index in [0.717, 1.165) is 28.1 Å². The molecule has 0 aliphatic rings. The molecule has 15 heavy (non-hydrogen) atoms. The molecule has 1 aromatic carbocycles. The summed E-state index contributed by atoms with van der Waals surface area (Å²) in [7, 11) is 0. The molecule has 0 aliphatic carbocycles. The van der Waals surface area contributed by atoms with Crippen molar-refractivity contribution >= 4 is 11.4 Å². The van der Waals surface area contributed by atoms with E-state index in [1.54, 1.807) is 0 Å². The lowest BCUT2D eigenvalue weighted by Crippen LogP contribution is -2.02. The smallest absolute Gasteiger partial charge is 0.114 e. The zero-order chi connectivity index (χ0) is 11.4. The minimum atomic E-state index is 0.588. The maximum atomic E-state index is 5.82. The van der Waals surface area contributed by atoms with Gasteiger partial charge in [0.2, 0.25) is 0 Å². The summed E-state index contributed by atoms with van der Waals surface area (Å²) >= 11 is 0. The van der Waals surface area contributed by atoms with Crippen LogP contribution in [0.2, 0.25) is 0 Å². The van der Waals surface area contributed by atoms with Crippen LogP contribution in [0.5, 0.6) is 0 Å². The molecule has 82 valence electrons. The van der Waals surface area contributed by atoms with E-state index in [1.807, 2.05) is 39.8 Å². The number of oxime groups is 1. The van der Waals surface area contributed by atoms with Gasteiger partial charge in [0.15, 0.2) is 0 Å². The van der Waals surface area contributed by atoms with Crippen LogP contribution in [0.25, 0.3) is 0 Å². The molecule has 0 unspecified atom stereocenters. The van der Waals surface area contributed by atoms with Gasteiger partial charge in [0.05, 0.1) is 5.71 Å². The molecule has 0 amide bonds. The van der Waals surface area contributed by atoms with E-state index in [9.17, 15) is 0 Å². The van der Waals surface area contributed by atoms with Crippen molar-refractivity contribution in [3.05, 3.63) is 28.8 Å². The fourth-order valence-corrected chi connectivity index (χ4v) is 1.44. The standard InChI is InChI=1S/C12H18N2O/c1-5-15-14-10(4)11-6-9(3)12(13)7-8(11)2/h6-7H,5,13H2,1-4H3/b14-10+. The van der Waals surface area contributed by atoms with Crippen LogP contribution in [0.4, 0.5) is 5.69 Å². The van der Waals surface area contributed by atoms with Gasteiger partial charge in [-0.05, 0) is 51.0 Å². The van der Waals surface area contributed by atoms with Crippen LogP contribution >= 0.6 is 0 Å². The Bertz CT molecular complexity index is 383. The maximum Gasteiger partial charge on any atom is 0.114 e. The number of aryl methyl sites for hydroxylation is 2. The van der Waals surface area contributed by atoms with E-state index in [-0.39, 0.29) is 0 Å². The largest absolute Gasteiger partial charge is 0.399 e. The minimum Gasteiger partial charge on any atom is -0.399 e. The maximum absolute atomic E-state index is 5.82. The third-order valence-electron chi connectivity index (χ3n) is 2.33. The summed E-state index contributed by atoms with van der Waals surface area (Å²) in [5.41, 5.74) is 10.8. The predicted molar refractivity (Wildman–Crippen MR) is 64.2 cm³/mol. The third kappa shape index (κ3) is 2.72. The van der Waals surface area contributed by atoms with Crippen molar-refractivity contribution in [1.29, 1.82) is 0 Å². The second-order valence-electron chi connectivity index (χ2n) is 3.62. The summed E-state index contributed by atoms with van der Waals surface area (Å²) in [6.45, 7) is 8.46. The number of nitrogens with two attached hydrogens (primary N) is 1. The molecule has 0 aromatic heterocycles. The first-order valence-electron chi connectivity index (χ1n) is 5.10. The second kappa shape index (κ2) is 4.82. The van der Waals surface area contributed by atoms with Gasteiger partial charge in [0, 0.05) is 11.3 Å². The average molecular weight is 206 g/mol. The van der Waals surface area contributed by atoms with Crippen molar-refractivity contribution < 1.29 is 4.84 Å². The molecule has 3 nitrogen and oxygen atoms in total. The van der Waals surface area contributed by atoms with Gasteiger partial charge < -0.3 is 10.6 Å². The summed E-state index contributed by atoms with van der Waals surface area (Å²) in [6, 6.07) is 4.01. The zero-order valence-corrected chi connectivity index (χ0v) is 9.79. The minimum absolute atomic E-state index is 0.588. The van der Waals surface area contributed by atoms with E-state index >= 15 is 0 Å². The van der Waals surface area contributed by atoms with Crippen LogP contribution in [0.15, 0.2) is 17.3 Å². The Morgan fingerprint density at radius 3 is 2.60 bits per heavy atom. The lowest BCUT2D eigenvalue weighted by atomic mass is 10.0. The van der Waals surface area contributed by atoms with Crippen molar-refractivity contribution in [3.63, 3.8) is 0 Å². The lowest BCUT2D eigenvalue weighted by Gasteiger charge is -2.08. The number of nitrogen functional groups attached to an aromatic ring is 1. The Morgan fingerprint density at radius 2 is 2.00 bits per heavy atom. The summed E-state index contributed by atoms with van der Waals surface area (Å²) in [4.78, 5) is 5.03. The molecule has 0 saturated heterocycles. The van der Waals surface area contributed by atoms with Crippen LogP contribution in [0.3, 0.4) is 0 Å². The summed E-state index contributed by atoms with van der Waals surface area (Å²) in [5, 5.41) is 4.02. The molecule has 1 rings (SSSR count). The molecule has 2 N–H and O–H groups in total. The third-order valence-corrected chi connectivity index (χ3v) is 2.33. The van der Waals surface area contributed by atoms with Gasteiger partial charge in [-0.25, -0.2) is 0 Å². The van der Waals surface area contributed by atoms with E-state index in [4.69, 9.17) is 10.6 Å². The molecule has 0 aliphatic heterocycles. The Balaban J connectivity index is 3.09. The van der Waals surface area contributed by atoms with Crippen molar-refractivity contribution in [1.82, 2.24) is 0 Å². The molecule has 0 spiro atoms. The first-order chi connectivity index (χ1) is 7.06. The second-order valence-corrected chi connectivity index (χ2v) is 3.62. The quantitative estimate of drug-likeness (QED) is 0.469. The van der Waals surface area contributed by atoms with Crippen molar-refractivity contribution in [2.24, 2.45) is 5.16 Å². The number of hydrogen-bond acceptors (Lipinski definition) is 3. The van der Waals surface area contributed by atoms with Crippen molar-refractivity contribution in [2.45, 2.75) is 27.7 Å². The molecule has 0 radical (unpaired) electrons. The first-order valence-corrected chi connectivity index (χ1v) is 5.10. The molecular weight excluding hydrogens is 188 g/mol. The predicted octanol–water partition coefficient (Wildman–Crippen LogP) is 2.65. The average Bonchev–Trinajstić information content (AvgIpc) is 2.20. The number of hydrogen-bond donors (Lipinski definition) is 1. The Hall–Kier alpha value is -1.51. The lowest BCUT2D eigenvalue weighted by molar-refractivity contribution is 0.159. The first kappa shape index (κ1) is 11.6. The molecule has 0 fully saturated rings. The molecule has 0 atom stereocenters. The number of benzene rings is 1. The van der Waals surface area contributed by atoms with Crippen LogP contribution in [-0.2, 0) is 4.84 Å². The summed E-state index contributed by atoms with van der Waals surface area (Å²) in [5.74, 6) is 0. The molecular formula is C12H18N2O. The van der Waals surface area contributed by atoms with Gasteiger partial charge in [-0.3, -0.25) is 0 Å². The molecule has 1 aromatic rings. The van der Waals surface area contributed by atoms with E-state index in [0.29, 0.717) is 6.61 Å². The van der Waals surface area contributed by atoms with Gasteiger partial charge in [-0.2, -0.15) is 0 Å². The van der Waals surface area contributed by atoms with Gasteiger partial charge >= 0.3 is 0 Å². The van der Waals surface area contributed by atoms with E-state index < -0.39 is 0 Å². The number of nitrogens with zero attached hydrogens (tertiary/aromatic N) is 1. The van der Waals surface area contributed by atoms with Crippen molar-refractivity contribution in [3.8, 4) is 0 Å². The topological polar surface area (TPSA) is 47.6 Å². The van der Waals surface area contributed by atoms with Crippen LogP contribution in [-0.4, -0.2) is 12.3 Å². The monoisotopic (exact) mass is 206 g/mol. The van der Waals surface area contributed by atoms with E-state index in [2.05, 4.69) is 5.16 Å². The van der Waals surface area contributed by atoms with Crippen molar-refractivity contribution in [2.75, 3.05) is 12.3 Å². The zero-order valence-electron chi connectivity index (χ0n) is 9.79. The van der Waals surface area contributed by atoms with Gasteiger partial charge in [0.25, 0.3) is 0 Å². The molecule has 0 bridgehead atoms. The fourth-order valence-electron chi connectivity index (χ4n) is 1.44. The van der Waals surface area contributed by atoms with Crippen LogP contribution < -0.4 is 5.73 Å². The highest BCUT2D eigenvalue weighted by molar-refractivity contribution is 6.00. The fraction of sp³-hybridized carbons (Fsp3) is 0.417. The summed E-state index contributed by atoms with van der Waals surface area (Å²) in [6.07, 6.45) is 0. The van der Waals surface area contributed by atoms with Gasteiger partial charge in [-0.1, -0.05) is 5.16 Å². The van der Waals surface area contributed by atoms with Gasteiger partial charge in [0.1, 0.15) is 6.61 Å². The molecule has 3 heteroatoms. The van der Waals surface area contributed by atoms with Crippen LogP contribution in [0, 0.1) is 13.8 Å².